The third-order valence-electron chi connectivity index (χ3n) is 3.95. The summed E-state index contributed by atoms with van der Waals surface area (Å²) in [4.78, 5) is 36.9. The summed E-state index contributed by atoms with van der Waals surface area (Å²) in [5, 5.41) is 20.0. The second-order valence-corrected chi connectivity index (χ2v) is 6.85. The number of benzene rings is 1. The highest BCUT2D eigenvalue weighted by atomic mass is 32.1. The molecule has 0 radical (unpaired) electrons. The number of nitrogens with one attached hydrogen (secondary N) is 1. The van der Waals surface area contributed by atoms with Crippen molar-refractivity contribution in [3.05, 3.63) is 78.5 Å². The van der Waals surface area contributed by atoms with E-state index in [4.69, 9.17) is 5.26 Å². The average molecular weight is 396 g/mol. The van der Waals surface area contributed by atoms with Crippen molar-refractivity contribution >= 4 is 17.2 Å². The van der Waals surface area contributed by atoms with Crippen molar-refractivity contribution in [3.63, 3.8) is 0 Å². The highest BCUT2D eigenvalue weighted by Gasteiger charge is 2.16. The molecule has 0 saturated carbocycles. The first-order valence-corrected chi connectivity index (χ1v) is 9.24. The molecule has 0 aliphatic heterocycles. The van der Waals surface area contributed by atoms with Crippen LogP contribution in [-0.2, 0) is 19.6 Å². The number of hydrogen-bond acceptors (Lipinski definition) is 7. The lowest BCUT2D eigenvalue weighted by molar-refractivity contribution is 0.0950. The molecule has 0 aliphatic rings. The molecule has 28 heavy (non-hydrogen) atoms. The molecule has 2 aromatic heterocycles. The maximum Gasteiger partial charge on any atom is 0.331 e. The first kappa shape index (κ1) is 19.2. The number of nitrogens with zero attached hydrogens (tertiary/aromatic N) is 5. The zero-order valence-corrected chi connectivity index (χ0v) is 15.8. The van der Waals surface area contributed by atoms with Crippen LogP contribution in [-0.4, -0.2) is 25.2 Å². The van der Waals surface area contributed by atoms with Crippen molar-refractivity contribution < 1.29 is 4.79 Å². The fraction of sp³-hybridized carbons (Fsp3) is 0.222. The van der Waals surface area contributed by atoms with Crippen LogP contribution in [0, 0.1) is 11.3 Å². The Bertz CT molecular complexity index is 1160. The molecule has 142 valence electrons. The number of aromatic nitrogens is 4. The molecule has 10 heteroatoms. The van der Waals surface area contributed by atoms with Crippen LogP contribution in [0.25, 0.3) is 0 Å². The van der Waals surface area contributed by atoms with Crippen LogP contribution in [0.5, 0.6) is 0 Å². The Morgan fingerprint density at radius 1 is 1.25 bits per heavy atom. The Kier molecular flexibility index (Phi) is 5.76. The van der Waals surface area contributed by atoms with Gasteiger partial charge in [0.1, 0.15) is 16.6 Å². The molecule has 2 heterocycles. The van der Waals surface area contributed by atoms with E-state index < -0.39 is 17.2 Å². The highest BCUT2D eigenvalue weighted by molar-refractivity contribution is 7.13. The standard InChI is InChI=1S/C18H16N6O3S/c1-2-23-10-13(8-19)17(26)24(18(23)27)11-14-21-22-16(28-14)15(25)20-9-12-6-4-3-5-7-12/h3-7,10H,2,9,11H2,1H3,(H,20,25). The van der Waals surface area contributed by atoms with Crippen molar-refractivity contribution in [1.29, 1.82) is 5.26 Å². The van der Waals surface area contributed by atoms with Gasteiger partial charge in [0.25, 0.3) is 11.5 Å². The maximum atomic E-state index is 12.4. The summed E-state index contributed by atoms with van der Waals surface area (Å²) in [5.41, 5.74) is -0.424. The largest absolute Gasteiger partial charge is 0.346 e. The lowest BCUT2D eigenvalue weighted by Crippen LogP contribution is -2.40. The summed E-state index contributed by atoms with van der Waals surface area (Å²) in [5.74, 6) is -0.392. The Morgan fingerprint density at radius 2 is 2.00 bits per heavy atom. The van der Waals surface area contributed by atoms with Crippen LogP contribution in [0.15, 0.2) is 46.1 Å². The molecule has 1 aromatic carbocycles. The molecule has 0 aliphatic carbocycles. The molecule has 0 atom stereocenters. The van der Waals surface area contributed by atoms with E-state index in [1.165, 1.54) is 10.8 Å². The quantitative estimate of drug-likeness (QED) is 0.655. The third-order valence-corrected chi connectivity index (χ3v) is 4.86. The Labute approximate surface area is 163 Å². The van der Waals surface area contributed by atoms with Gasteiger partial charge < -0.3 is 5.32 Å². The zero-order chi connectivity index (χ0) is 20.1. The predicted octanol–water partition coefficient (Wildman–Crippen LogP) is 0.731. The van der Waals surface area contributed by atoms with Crippen LogP contribution < -0.4 is 16.6 Å². The van der Waals surface area contributed by atoms with Crippen molar-refractivity contribution in [3.8, 4) is 6.07 Å². The summed E-state index contributed by atoms with van der Waals surface area (Å²) < 4.78 is 2.20. The molecule has 0 spiro atoms. The molecule has 1 amide bonds. The summed E-state index contributed by atoms with van der Waals surface area (Å²) in [6.45, 7) is 2.24. The van der Waals surface area contributed by atoms with E-state index in [0.29, 0.717) is 18.1 Å². The molecule has 3 rings (SSSR count). The zero-order valence-electron chi connectivity index (χ0n) is 15.0. The number of amides is 1. The molecule has 0 bridgehead atoms. The van der Waals surface area contributed by atoms with Gasteiger partial charge in [-0.1, -0.05) is 41.7 Å². The van der Waals surface area contributed by atoms with E-state index in [0.717, 1.165) is 21.5 Å². The molecule has 9 nitrogen and oxygen atoms in total. The Morgan fingerprint density at radius 3 is 2.68 bits per heavy atom. The third kappa shape index (κ3) is 4.05. The minimum absolute atomic E-state index is 0.131. The second-order valence-electron chi connectivity index (χ2n) is 5.78. The van der Waals surface area contributed by atoms with Crippen molar-refractivity contribution in [1.82, 2.24) is 24.6 Å². The number of aryl methyl sites for hydroxylation is 1. The maximum absolute atomic E-state index is 12.4. The topological polar surface area (TPSA) is 123 Å². The van der Waals surface area contributed by atoms with E-state index in [1.807, 2.05) is 30.3 Å². The van der Waals surface area contributed by atoms with Gasteiger partial charge in [0.2, 0.25) is 5.01 Å². The lowest BCUT2D eigenvalue weighted by atomic mass is 10.2. The smallest absolute Gasteiger partial charge is 0.331 e. The average Bonchev–Trinajstić information content (AvgIpc) is 3.19. The van der Waals surface area contributed by atoms with E-state index >= 15 is 0 Å². The van der Waals surface area contributed by atoms with Crippen molar-refractivity contribution in [2.75, 3.05) is 0 Å². The summed E-state index contributed by atoms with van der Waals surface area (Å²) >= 11 is 0.990. The SMILES string of the molecule is CCn1cc(C#N)c(=O)n(Cc2nnc(C(=O)NCc3ccccc3)s2)c1=O. The normalized spacial score (nSPS) is 10.4. The molecule has 1 N–H and O–H groups in total. The number of rotatable bonds is 6. The van der Waals surface area contributed by atoms with Gasteiger partial charge in [-0.05, 0) is 12.5 Å². The van der Waals surface area contributed by atoms with E-state index in [1.54, 1.807) is 13.0 Å². The number of carbonyl (C=O) groups excluding carboxylic acids is 1. The van der Waals surface area contributed by atoms with Crippen LogP contribution in [0.2, 0.25) is 0 Å². The minimum Gasteiger partial charge on any atom is -0.346 e. The van der Waals surface area contributed by atoms with E-state index in [2.05, 4.69) is 15.5 Å². The van der Waals surface area contributed by atoms with Gasteiger partial charge in [0.05, 0.1) is 6.54 Å². The molecular weight excluding hydrogens is 380 g/mol. The molecule has 0 unspecified atom stereocenters. The van der Waals surface area contributed by atoms with Gasteiger partial charge >= 0.3 is 5.69 Å². The van der Waals surface area contributed by atoms with Gasteiger partial charge in [-0.25, -0.2) is 4.79 Å². The predicted molar refractivity (Wildman–Crippen MR) is 102 cm³/mol. The first-order chi connectivity index (χ1) is 13.5. The summed E-state index contributed by atoms with van der Waals surface area (Å²) in [6.07, 6.45) is 1.24. The fourth-order valence-electron chi connectivity index (χ4n) is 2.49. The van der Waals surface area contributed by atoms with Crippen LogP contribution in [0.1, 0.15) is 32.9 Å². The van der Waals surface area contributed by atoms with Gasteiger partial charge in [0, 0.05) is 19.3 Å². The fourth-order valence-corrected chi connectivity index (χ4v) is 3.24. The van der Waals surface area contributed by atoms with E-state index in [-0.39, 0.29) is 17.1 Å². The second kappa shape index (κ2) is 8.41. The van der Waals surface area contributed by atoms with Crippen molar-refractivity contribution in [2.45, 2.75) is 26.6 Å². The Balaban J connectivity index is 1.78. The minimum atomic E-state index is -0.692. The Hall–Kier alpha value is -3.58. The highest BCUT2D eigenvalue weighted by Crippen LogP contribution is 2.10. The van der Waals surface area contributed by atoms with Crippen LogP contribution in [0.4, 0.5) is 0 Å². The van der Waals surface area contributed by atoms with Crippen LogP contribution >= 0.6 is 11.3 Å². The number of hydrogen-bond donors (Lipinski definition) is 1. The van der Waals surface area contributed by atoms with E-state index in [9.17, 15) is 14.4 Å². The first-order valence-electron chi connectivity index (χ1n) is 8.42. The number of carbonyl (C=O) groups is 1. The monoisotopic (exact) mass is 396 g/mol. The molecular formula is C18H16N6O3S. The summed E-state index contributed by atoms with van der Waals surface area (Å²) in [6, 6.07) is 11.2. The van der Waals surface area contributed by atoms with Gasteiger partial charge in [-0.15, -0.1) is 10.2 Å². The summed E-state index contributed by atoms with van der Waals surface area (Å²) in [7, 11) is 0. The molecule has 0 saturated heterocycles. The van der Waals surface area contributed by atoms with Crippen molar-refractivity contribution in [2.24, 2.45) is 0 Å². The molecule has 3 aromatic rings. The van der Waals surface area contributed by atoms with Gasteiger partial charge in [-0.3, -0.25) is 18.7 Å². The van der Waals surface area contributed by atoms with Crippen LogP contribution in [0.3, 0.4) is 0 Å². The van der Waals surface area contributed by atoms with Gasteiger partial charge in [0.15, 0.2) is 0 Å². The van der Waals surface area contributed by atoms with Gasteiger partial charge in [-0.2, -0.15) is 5.26 Å². The lowest BCUT2D eigenvalue weighted by Gasteiger charge is -2.07. The molecule has 0 fully saturated rings. The number of nitriles is 1.